The predicted octanol–water partition coefficient (Wildman–Crippen LogP) is 4.46. The molecule has 1 saturated carbocycles. The highest BCUT2D eigenvalue weighted by atomic mass is 35.5. The van der Waals surface area contributed by atoms with Gasteiger partial charge >= 0.3 is 0 Å². The number of amides is 1. The first-order valence-electron chi connectivity index (χ1n) is 11.8. The van der Waals surface area contributed by atoms with Crippen molar-refractivity contribution in [1.82, 2.24) is 9.21 Å². The molecular formula is C25H31ClFN3O3S. The molecular weight excluding hydrogens is 477 g/mol. The second kappa shape index (κ2) is 10.6. The molecule has 9 heteroatoms. The third-order valence-corrected chi connectivity index (χ3v) is 8.99. The monoisotopic (exact) mass is 507 g/mol. The van der Waals surface area contributed by atoms with E-state index in [0.29, 0.717) is 31.2 Å². The van der Waals surface area contributed by atoms with Gasteiger partial charge in [-0.3, -0.25) is 4.79 Å². The van der Waals surface area contributed by atoms with Crippen molar-refractivity contribution in [2.75, 3.05) is 37.6 Å². The summed E-state index contributed by atoms with van der Waals surface area (Å²) in [5.41, 5.74) is 2.18. The Hall–Kier alpha value is -2.16. The lowest BCUT2D eigenvalue weighted by molar-refractivity contribution is -0.132. The number of halogens is 2. The number of anilines is 1. The van der Waals surface area contributed by atoms with Gasteiger partial charge in [0.25, 0.3) is 0 Å². The van der Waals surface area contributed by atoms with E-state index >= 15 is 0 Å². The van der Waals surface area contributed by atoms with E-state index < -0.39 is 15.8 Å². The first-order chi connectivity index (χ1) is 16.3. The molecule has 184 valence electrons. The van der Waals surface area contributed by atoms with Crippen molar-refractivity contribution in [3.05, 3.63) is 58.9 Å². The number of carbonyl (C=O) groups excluding carboxylic acids is 1. The topological polar surface area (TPSA) is 60.9 Å². The summed E-state index contributed by atoms with van der Waals surface area (Å²) in [6.07, 6.45) is 4.41. The van der Waals surface area contributed by atoms with Crippen LogP contribution in [0.15, 0.2) is 47.4 Å². The summed E-state index contributed by atoms with van der Waals surface area (Å²) in [5.74, 6) is -0.689. The standard InChI is InChI=1S/C25H31ClFN3O3S/c1-19-7-8-20(26)17-24(19)28-13-15-29(16-14-28)25(31)18-30(22-5-3-2-4-6-22)34(32,33)23-11-9-21(27)10-12-23/h7-12,17,22H,2-6,13-16,18H2,1H3. The maximum Gasteiger partial charge on any atom is 0.243 e. The summed E-state index contributed by atoms with van der Waals surface area (Å²) in [6, 6.07) is 10.4. The minimum absolute atomic E-state index is 0.0218. The van der Waals surface area contributed by atoms with Crippen LogP contribution < -0.4 is 4.90 Å². The van der Waals surface area contributed by atoms with Crippen molar-refractivity contribution in [3.8, 4) is 0 Å². The van der Waals surface area contributed by atoms with Crippen molar-refractivity contribution in [2.45, 2.75) is 50.0 Å². The minimum atomic E-state index is -3.92. The third-order valence-electron chi connectivity index (χ3n) is 6.84. The van der Waals surface area contributed by atoms with Crippen LogP contribution >= 0.6 is 11.6 Å². The molecule has 2 aromatic rings. The van der Waals surface area contributed by atoms with Crippen molar-refractivity contribution >= 4 is 33.2 Å². The number of rotatable bonds is 6. The summed E-state index contributed by atoms with van der Waals surface area (Å²) in [6.45, 7) is 4.17. The van der Waals surface area contributed by atoms with Gasteiger partial charge in [0, 0.05) is 42.9 Å². The number of sulfonamides is 1. The molecule has 0 N–H and O–H groups in total. The Labute approximate surface area is 206 Å². The number of benzene rings is 2. The Kier molecular flexibility index (Phi) is 7.80. The summed E-state index contributed by atoms with van der Waals surface area (Å²) in [7, 11) is -3.92. The quantitative estimate of drug-likeness (QED) is 0.579. The Morgan fingerprint density at radius 1 is 1.03 bits per heavy atom. The molecule has 0 aromatic heterocycles. The molecule has 1 amide bonds. The minimum Gasteiger partial charge on any atom is -0.368 e. The van der Waals surface area contributed by atoms with Crippen LogP contribution in [0.3, 0.4) is 0 Å². The number of carbonyl (C=O) groups is 1. The number of nitrogens with zero attached hydrogens (tertiary/aromatic N) is 3. The first kappa shape index (κ1) is 24.9. The van der Waals surface area contributed by atoms with Gasteiger partial charge in [-0.05, 0) is 61.7 Å². The zero-order valence-electron chi connectivity index (χ0n) is 19.4. The van der Waals surface area contributed by atoms with Gasteiger partial charge in [0.15, 0.2) is 0 Å². The fourth-order valence-corrected chi connectivity index (χ4v) is 6.68. The fraction of sp³-hybridized carbons (Fsp3) is 0.480. The molecule has 1 aliphatic carbocycles. The predicted molar refractivity (Wildman–Crippen MR) is 132 cm³/mol. The molecule has 1 saturated heterocycles. The second-order valence-corrected chi connectivity index (χ2v) is 11.4. The molecule has 6 nitrogen and oxygen atoms in total. The third kappa shape index (κ3) is 5.56. The molecule has 2 aliphatic rings. The van der Waals surface area contributed by atoms with Crippen LogP contribution in [-0.2, 0) is 14.8 Å². The number of piperazine rings is 1. The molecule has 34 heavy (non-hydrogen) atoms. The van der Waals surface area contributed by atoms with Gasteiger partial charge in [-0.1, -0.05) is 36.9 Å². The molecule has 2 aromatic carbocycles. The second-order valence-electron chi connectivity index (χ2n) is 9.09. The maximum atomic E-state index is 13.5. The normalized spacial score (nSPS) is 17.9. The van der Waals surface area contributed by atoms with E-state index in [1.165, 1.54) is 16.4 Å². The van der Waals surface area contributed by atoms with Gasteiger partial charge in [0.2, 0.25) is 15.9 Å². The number of hydrogen-bond acceptors (Lipinski definition) is 4. The van der Waals surface area contributed by atoms with Crippen molar-refractivity contribution < 1.29 is 17.6 Å². The molecule has 2 fully saturated rings. The number of aryl methyl sites for hydroxylation is 1. The fourth-order valence-electron chi connectivity index (χ4n) is 4.87. The SMILES string of the molecule is Cc1ccc(Cl)cc1N1CCN(C(=O)CN(C2CCCCC2)S(=O)(=O)c2ccc(F)cc2)CC1. The van der Waals surface area contributed by atoms with Crippen molar-refractivity contribution in [2.24, 2.45) is 0 Å². The van der Waals surface area contributed by atoms with Crippen LogP contribution in [0.4, 0.5) is 10.1 Å². The highest BCUT2D eigenvalue weighted by Crippen LogP contribution is 2.29. The van der Waals surface area contributed by atoms with E-state index in [2.05, 4.69) is 4.90 Å². The zero-order chi connectivity index (χ0) is 24.3. The Morgan fingerprint density at radius 2 is 1.68 bits per heavy atom. The smallest absolute Gasteiger partial charge is 0.243 e. The molecule has 0 unspecified atom stereocenters. The van der Waals surface area contributed by atoms with Crippen LogP contribution in [0.25, 0.3) is 0 Å². The van der Waals surface area contributed by atoms with Gasteiger partial charge < -0.3 is 9.80 Å². The van der Waals surface area contributed by atoms with Crippen LogP contribution in [0.5, 0.6) is 0 Å². The van der Waals surface area contributed by atoms with E-state index in [1.807, 2.05) is 25.1 Å². The molecule has 0 atom stereocenters. The van der Waals surface area contributed by atoms with E-state index in [1.54, 1.807) is 4.90 Å². The molecule has 0 bridgehead atoms. The van der Waals surface area contributed by atoms with Crippen LogP contribution in [0.2, 0.25) is 5.02 Å². The Balaban J connectivity index is 1.48. The lowest BCUT2D eigenvalue weighted by Gasteiger charge is -2.39. The largest absolute Gasteiger partial charge is 0.368 e. The highest BCUT2D eigenvalue weighted by molar-refractivity contribution is 7.89. The zero-order valence-corrected chi connectivity index (χ0v) is 21.0. The van der Waals surface area contributed by atoms with Crippen molar-refractivity contribution in [3.63, 3.8) is 0 Å². The summed E-state index contributed by atoms with van der Waals surface area (Å²) in [5, 5.41) is 0.674. The van der Waals surface area contributed by atoms with Gasteiger partial charge in [0.1, 0.15) is 5.82 Å². The van der Waals surface area contributed by atoms with E-state index in [4.69, 9.17) is 11.6 Å². The van der Waals surface area contributed by atoms with Gasteiger partial charge in [-0.2, -0.15) is 4.31 Å². The lowest BCUT2D eigenvalue weighted by atomic mass is 9.95. The summed E-state index contributed by atoms with van der Waals surface area (Å²) < 4.78 is 41.7. The Bertz CT molecular complexity index is 1110. The van der Waals surface area contributed by atoms with Crippen LogP contribution in [0.1, 0.15) is 37.7 Å². The van der Waals surface area contributed by atoms with E-state index in [0.717, 1.165) is 55.5 Å². The average Bonchev–Trinajstić information content (AvgIpc) is 2.84. The van der Waals surface area contributed by atoms with E-state index in [9.17, 15) is 17.6 Å². The average molecular weight is 508 g/mol. The highest BCUT2D eigenvalue weighted by Gasteiger charge is 2.35. The Morgan fingerprint density at radius 3 is 2.32 bits per heavy atom. The van der Waals surface area contributed by atoms with Gasteiger partial charge in [-0.25, -0.2) is 12.8 Å². The van der Waals surface area contributed by atoms with Gasteiger partial charge in [-0.15, -0.1) is 0 Å². The van der Waals surface area contributed by atoms with Gasteiger partial charge in [0.05, 0.1) is 11.4 Å². The molecule has 0 radical (unpaired) electrons. The maximum absolute atomic E-state index is 13.5. The summed E-state index contributed by atoms with van der Waals surface area (Å²) >= 11 is 6.17. The lowest BCUT2D eigenvalue weighted by Crippen LogP contribution is -2.53. The molecule has 1 heterocycles. The van der Waals surface area contributed by atoms with E-state index in [-0.39, 0.29) is 23.4 Å². The van der Waals surface area contributed by atoms with Crippen LogP contribution in [0, 0.1) is 12.7 Å². The number of hydrogen-bond donors (Lipinski definition) is 0. The first-order valence-corrected chi connectivity index (χ1v) is 13.6. The molecule has 4 rings (SSSR count). The van der Waals surface area contributed by atoms with Crippen molar-refractivity contribution in [1.29, 1.82) is 0 Å². The summed E-state index contributed by atoms with van der Waals surface area (Å²) in [4.78, 5) is 17.2. The molecule has 0 spiro atoms. The molecule has 1 aliphatic heterocycles. The van der Waals surface area contributed by atoms with Crippen LogP contribution in [-0.4, -0.2) is 62.3 Å².